The Kier molecular flexibility index (Phi) is 4.46. The standard InChI is InChI=1S/C11H13ClN2O2/c1-7(15)14-10-3-2-8(12)6-9(10)11(16)4-5-13/h2-3,6H,4-5,13H2,1H3,(H,14,15). The summed E-state index contributed by atoms with van der Waals surface area (Å²) in [5.41, 5.74) is 6.18. The lowest BCUT2D eigenvalue weighted by Gasteiger charge is -2.09. The van der Waals surface area contributed by atoms with E-state index in [1.54, 1.807) is 12.1 Å². The van der Waals surface area contributed by atoms with Crippen molar-refractivity contribution in [2.24, 2.45) is 5.73 Å². The molecule has 1 amide bonds. The fraction of sp³-hybridized carbons (Fsp3) is 0.273. The second-order valence-electron chi connectivity index (χ2n) is 3.33. The summed E-state index contributed by atoms with van der Waals surface area (Å²) in [6, 6.07) is 4.75. The van der Waals surface area contributed by atoms with Gasteiger partial charge >= 0.3 is 0 Å². The van der Waals surface area contributed by atoms with Gasteiger partial charge in [-0.3, -0.25) is 9.59 Å². The molecule has 0 fully saturated rings. The normalized spacial score (nSPS) is 9.94. The second kappa shape index (κ2) is 5.63. The van der Waals surface area contributed by atoms with E-state index in [0.29, 0.717) is 16.3 Å². The lowest BCUT2D eigenvalue weighted by atomic mass is 10.1. The zero-order valence-electron chi connectivity index (χ0n) is 8.92. The van der Waals surface area contributed by atoms with Crippen LogP contribution in [0.1, 0.15) is 23.7 Å². The number of nitrogens with two attached hydrogens (primary N) is 1. The average molecular weight is 241 g/mol. The van der Waals surface area contributed by atoms with Gasteiger partial charge in [-0.1, -0.05) is 11.6 Å². The minimum Gasteiger partial charge on any atom is -0.330 e. The Morgan fingerprint density at radius 3 is 2.69 bits per heavy atom. The van der Waals surface area contributed by atoms with Crippen LogP contribution in [0.25, 0.3) is 0 Å². The zero-order valence-corrected chi connectivity index (χ0v) is 9.67. The van der Waals surface area contributed by atoms with Crippen LogP contribution in [0.5, 0.6) is 0 Å². The number of halogens is 1. The van der Waals surface area contributed by atoms with Crippen molar-refractivity contribution in [3.05, 3.63) is 28.8 Å². The van der Waals surface area contributed by atoms with Crippen molar-refractivity contribution in [3.63, 3.8) is 0 Å². The van der Waals surface area contributed by atoms with E-state index in [0.717, 1.165) is 0 Å². The Labute approximate surface area is 98.8 Å². The number of benzene rings is 1. The Morgan fingerprint density at radius 2 is 2.12 bits per heavy atom. The molecule has 0 radical (unpaired) electrons. The first kappa shape index (κ1) is 12.7. The predicted octanol–water partition coefficient (Wildman–Crippen LogP) is 1.83. The number of carbonyl (C=O) groups is 2. The van der Waals surface area contributed by atoms with E-state index in [-0.39, 0.29) is 24.7 Å². The number of hydrogen-bond donors (Lipinski definition) is 2. The van der Waals surface area contributed by atoms with E-state index >= 15 is 0 Å². The van der Waals surface area contributed by atoms with Gasteiger partial charge in [0.1, 0.15) is 0 Å². The third-order valence-corrected chi connectivity index (χ3v) is 2.20. The predicted molar refractivity (Wildman–Crippen MR) is 63.8 cm³/mol. The third kappa shape index (κ3) is 3.32. The van der Waals surface area contributed by atoms with Crippen molar-refractivity contribution in [2.75, 3.05) is 11.9 Å². The molecule has 0 aliphatic carbocycles. The number of ketones is 1. The van der Waals surface area contributed by atoms with Crippen LogP contribution in [0.2, 0.25) is 5.02 Å². The highest BCUT2D eigenvalue weighted by molar-refractivity contribution is 6.31. The fourth-order valence-electron chi connectivity index (χ4n) is 1.31. The minimum absolute atomic E-state index is 0.131. The summed E-state index contributed by atoms with van der Waals surface area (Å²) in [4.78, 5) is 22.7. The summed E-state index contributed by atoms with van der Waals surface area (Å²) >= 11 is 5.80. The van der Waals surface area contributed by atoms with Gasteiger partial charge in [0, 0.05) is 23.9 Å². The van der Waals surface area contributed by atoms with Gasteiger partial charge in [0.05, 0.1) is 5.69 Å². The average Bonchev–Trinajstić information content (AvgIpc) is 2.20. The van der Waals surface area contributed by atoms with Crippen LogP contribution in [0.4, 0.5) is 5.69 Å². The maximum Gasteiger partial charge on any atom is 0.221 e. The van der Waals surface area contributed by atoms with Gasteiger partial charge in [0.25, 0.3) is 0 Å². The minimum atomic E-state index is -0.232. The van der Waals surface area contributed by atoms with Crippen molar-refractivity contribution < 1.29 is 9.59 Å². The molecule has 0 aromatic heterocycles. The maximum atomic E-state index is 11.7. The Morgan fingerprint density at radius 1 is 1.44 bits per heavy atom. The van der Waals surface area contributed by atoms with Crippen LogP contribution in [0.3, 0.4) is 0 Å². The quantitative estimate of drug-likeness (QED) is 0.789. The highest BCUT2D eigenvalue weighted by Gasteiger charge is 2.12. The number of amides is 1. The third-order valence-electron chi connectivity index (χ3n) is 1.96. The molecule has 5 heteroatoms. The molecule has 0 bridgehead atoms. The molecule has 0 heterocycles. The molecule has 1 aromatic carbocycles. The summed E-state index contributed by atoms with van der Waals surface area (Å²) < 4.78 is 0. The van der Waals surface area contributed by atoms with Gasteiger partial charge in [-0.2, -0.15) is 0 Å². The number of rotatable bonds is 4. The van der Waals surface area contributed by atoms with E-state index < -0.39 is 0 Å². The molecule has 1 aromatic rings. The first-order valence-electron chi connectivity index (χ1n) is 4.85. The molecule has 0 aliphatic heterocycles. The smallest absolute Gasteiger partial charge is 0.221 e. The highest BCUT2D eigenvalue weighted by atomic mass is 35.5. The molecule has 0 aliphatic rings. The van der Waals surface area contributed by atoms with Crippen molar-refractivity contribution in [1.29, 1.82) is 0 Å². The molecular formula is C11H13ClN2O2. The molecule has 0 unspecified atom stereocenters. The van der Waals surface area contributed by atoms with Crippen LogP contribution in [0, 0.1) is 0 Å². The van der Waals surface area contributed by atoms with Gasteiger partial charge in [-0.25, -0.2) is 0 Å². The number of hydrogen-bond acceptors (Lipinski definition) is 3. The second-order valence-corrected chi connectivity index (χ2v) is 3.77. The topological polar surface area (TPSA) is 72.2 Å². The van der Waals surface area contributed by atoms with Crippen molar-refractivity contribution in [3.8, 4) is 0 Å². The highest BCUT2D eigenvalue weighted by Crippen LogP contribution is 2.22. The van der Waals surface area contributed by atoms with Gasteiger partial charge in [-0.05, 0) is 24.7 Å². The van der Waals surface area contributed by atoms with Crippen molar-refractivity contribution in [2.45, 2.75) is 13.3 Å². The number of anilines is 1. The fourth-order valence-corrected chi connectivity index (χ4v) is 1.48. The molecule has 4 nitrogen and oxygen atoms in total. The van der Waals surface area contributed by atoms with Crippen LogP contribution in [-0.2, 0) is 4.79 Å². The summed E-state index contributed by atoms with van der Waals surface area (Å²) in [6.45, 7) is 1.65. The van der Waals surface area contributed by atoms with E-state index in [9.17, 15) is 9.59 Å². The van der Waals surface area contributed by atoms with Crippen LogP contribution < -0.4 is 11.1 Å². The summed E-state index contributed by atoms with van der Waals surface area (Å²) in [7, 11) is 0. The molecule has 3 N–H and O–H groups in total. The number of Topliss-reactive ketones (excluding diaryl/α,β-unsaturated/α-hetero) is 1. The summed E-state index contributed by atoms with van der Waals surface area (Å²) in [5.74, 6) is -0.363. The number of nitrogens with one attached hydrogen (secondary N) is 1. The molecule has 0 atom stereocenters. The van der Waals surface area contributed by atoms with Crippen LogP contribution in [0.15, 0.2) is 18.2 Å². The molecule has 0 saturated heterocycles. The maximum absolute atomic E-state index is 11.7. The molecule has 1 rings (SSSR count). The Hall–Kier alpha value is -1.39. The molecule has 16 heavy (non-hydrogen) atoms. The van der Waals surface area contributed by atoms with Crippen molar-refractivity contribution >= 4 is 29.0 Å². The van der Waals surface area contributed by atoms with Gasteiger partial charge in [-0.15, -0.1) is 0 Å². The molecular weight excluding hydrogens is 228 g/mol. The molecule has 0 saturated carbocycles. The van der Waals surface area contributed by atoms with Crippen molar-refractivity contribution in [1.82, 2.24) is 0 Å². The summed E-state index contributed by atoms with van der Waals surface area (Å²) in [5, 5.41) is 3.03. The SMILES string of the molecule is CC(=O)Nc1ccc(Cl)cc1C(=O)CCN. The molecule has 0 spiro atoms. The summed E-state index contributed by atoms with van der Waals surface area (Å²) in [6.07, 6.45) is 0.229. The van der Waals surface area contributed by atoms with E-state index in [1.807, 2.05) is 0 Å². The van der Waals surface area contributed by atoms with Gasteiger partial charge < -0.3 is 11.1 Å². The largest absolute Gasteiger partial charge is 0.330 e. The van der Waals surface area contributed by atoms with Gasteiger partial charge in [0.2, 0.25) is 5.91 Å². The van der Waals surface area contributed by atoms with E-state index in [2.05, 4.69) is 5.32 Å². The monoisotopic (exact) mass is 240 g/mol. The zero-order chi connectivity index (χ0) is 12.1. The lowest BCUT2D eigenvalue weighted by molar-refractivity contribution is -0.114. The number of carbonyl (C=O) groups excluding carboxylic acids is 2. The Bertz CT molecular complexity index is 418. The Balaban J connectivity index is 3.07. The van der Waals surface area contributed by atoms with Crippen LogP contribution in [-0.4, -0.2) is 18.2 Å². The molecule has 86 valence electrons. The first-order chi connectivity index (χ1) is 7.54. The van der Waals surface area contributed by atoms with E-state index in [1.165, 1.54) is 13.0 Å². The van der Waals surface area contributed by atoms with E-state index in [4.69, 9.17) is 17.3 Å². The lowest BCUT2D eigenvalue weighted by Crippen LogP contribution is -2.13. The first-order valence-corrected chi connectivity index (χ1v) is 5.23. The van der Waals surface area contributed by atoms with Gasteiger partial charge in [0.15, 0.2) is 5.78 Å². The van der Waals surface area contributed by atoms with Crippen LogP contribution >= 0.6 is 11.6 Å².